The van der Waals surface area contributed by atoms with Gasteiger partial charge in [-0.05, 0) is 38.5 Å². The zero-order valence-corrected chi connectivity index (χ0v) is 14.6. The van der Waals surface area contributed by atoms with E-state index in [1.807, 2.05) is 44.2 Å². The van der Waals surface area contributed by atoms with Crippen LogP contribution in [0.5, 0.6) is 5.75 Å². The van der Waals surface area contributed by atoms with Gasteiger partial charge in [-0.15, -0.1) is 0 Å². The maximum absolute atomic E-state index is 12.1. The molecule has 2 rings (SSSR count). The van der Waals surface area contributed by atoms with Gasteiger partial charge in [0, 0.05) is 19.5 Å². The number of para-hydroxylation sites is 2. The number of rotatable bonds is 8. The van der Waals surface area contributed by atoms with Gasteiger partial charge < -0.3 is 15.4 Å². The number of hydrogen-bond donors (Lipinski definition) is 2. The third kappa shape index (κ3) is 6.05. The first-order chi connectivity index (χ1) is 11.5. The molecule has 0 aliphatic rings. The van der Waals surface area contributed by atoms with E-state index in [4.69, 9.17) is 4.74 Å². The molecule has 0 unspecified atom stereocenters. The number of ether oxygens (including phenoxy) is 1. The number of amides is 1. The fourth-order valence-corrected chi connectivity index (χ4v) is 2.40. The molecule has 1 amide bonds. The SMILES string of the molecule is Cc1cccc(CNCCC(=O)Nc2ccccc2OC(C)C)c1. The summed E-state index contributed by atoms with van der Waals surface area (Å²) in [5, 5.41) is 6.22. The van der Waals surface area contributed by atoms with E-state index >= 15 is 0 Å². The molecule has 0 saturated carbocycles. The van der Waals surface area contributed by atoms with Crippen molar-refractivity contribution < 1.29 is 9.53 Å². The number of carbonyl (C=O) groups is 1. The quantitative estimate of drug-likeness (QED) is 0.723. The molecule has 2 aromatic rings. The molecule has 4 heteroatoms. The Kier molecular flexibility index (Phi) is 6.82. The minimum Gasteiger partial charge on any atom is -0.489 e. The van der Waals surface area contributed by atoms with Gasteiger partial charge in [0.2, 0.25) is 5.91 Å². The molecule has 0 fully saturated rings. The lowest BCUT2D eigenvalue weighted by atomic mass is 10.1. The van der Waals surface area contributed by atoms with Gasteiger partial charge in [0.25, 0.3) is 0 Å². The summed E-state index contributed by atoms with van der Waals surface area (Å²) in [5.74, 6) is 0.681. The van der Waals surface area contributed by atoms with Crippen LogP contribution in [0.2, 0.25) is 0 Å². The van der Waals surface area contributed by atoms with Gasteiger partial charge in [0.1, 0.15) is 5.75 Å². The van der Waals surface area contributed by atoms with E-state index in [1.165, 1.54) is 11.1 Å². The summed E-state index contributed by atoms with van der Waals surface area (Å²) in [5.41, 5.74) is 3.19. The fourth-order valence-electron chi connectivity index (χ4n) is 2.40. The highest BCUT2D eigenvalue weighted by Crippen LogP contribution is 2.24. The third-order valence-electron chi connectivity index (χ3n) is 3.46. The van der Waals surface area contributed by atoms with Gasteiger partial charge >= 0.3 is 0 Å². The molecule has 0 bridgehead atoms. The number of hydrogen-bond acceptors (Lipinski definition) is 3. The summed E-state index contributed by atoms with van der Waals surface area (Å²) in [6, 6.07) is 15.9. The topological polar surface area (TPSA) is 50.4 Å². The van der Waals surface area contributed by atoms with Crippen molar-refractivity contribution in [2.24, 2.45) is 0 Å². The summed E-state index contributed by atoms with van der Waals surface area (Å²) in [6.45, 7) is 7.41. The average molecular weight is 326 g/mol. The molecule has 0 aliphatic carbocycles. The fraction of sp³-hybridized carbons (Fsp3) is 0.350. The molecule has 0 saturated heterocycles. The van der Waals surface area contributed by atoms with Crippen LogP contribution in [-0.2, 0) is 11.3 Å². The molecule has 0 radical (unpaired) electrons. The van der Waals surface area contributed by atoms with Crippen LogP contribution >= 0.6 is 0 Å². The molecule has 4 nitrogen and oxygen atoms in total. The molecule has 0 aliphatic heterocycles. The number of benzene rings is 2. The summed E-state index contributed by atoms with van der Waals surface area (Å²) in [7, 11) is 0. The van der Waals surface area contributed by atoms with Crippen LogP contribution in [-0.4, -0.2) is 18.6 Å². The normalized spacial score (nSPS) is 10.7. The van der Waals surface area contributed by atoms with Gasteiger partial charge in [-0.1, -0.05) is 42.0 Å². The Balaban J connectivity index is 1.77. The summed E-state index contributed by atoms with van der Waals surface area (Å²) >= 11 is 0. The molecule has 2 N–H and O–H groups in total. The van der Waals surface area contributed by atoms with Gasteiger partial charge in [0.05, 0.1) is 11.8 Å². The predicted octanol–water partition coefficient (Wildman–Crippen LogP) is 3.90. The Morgan fingerprint density at radius 2 is 1.92 bits per heavy atom. The first-order valence-electron chi connectivity index (χ1n) is 8.36. The highest BCUT2D eigenvalue weighted by Gasteiger charge is 2.08. The van der Waals surface area contributed by atoms with Crippen molar-refractivity contribution >= 4 is 11.6 Å². The molecule has 24 heavy (non-hydrogen) atoms. The van der Waals surface area contributed by atoms with Crippen LogP contribution in [0.3, 0.4) is 0 Å². The standard InChI is InChI=1S/C20H26N2O2/c1-15(2)24-19-10-5-4-9-18(19)22-20(23)11-12-21-14-17-8-6-7-16(3)13-17/h4-10,13,15,21H,11-12,14H2,1-3H3,(H,22,23). The van der Waals surface area contributed by atoms with Gasteiger partial charge in [0.15, 0.2) is 0 Å². The molecule has 2 aromatic carbocycles. The Bertz CT molecular complexity index is 668. The molecular formula is C20H26N2O2. The van der Waals surface area contributed by atoms with Crippen LogP contribution in [0.25, 0.3) is 0 Å². The van der Waals surface area contributed by atoms with E-state index in [2.05, 4.69) is 35.8 Å². The van der Waals surface area contributed by atoms with Crippen molar-refractivity contribution in [1.82, 2.24) is 5.32 Å². The lowest BCUT2D eigenvalue weighted by Crippen LogP contribution is -2.22. The smallest absolute Gasteiger partial charge is 0.225 e. The Hall–Kier alpha value is -2.33. The van der Waals surface area contributed by atoms with Crippen molar-refractivity contribution in [3.05, 3.63) is 59.7 Å². The second-order valence-corrected chi connectivity index (χ2v) is 6.13. The number of anilines is 1. The first-order valence-corrected chi connectivity index (χ1v) is 8.36. The van der Waals surface area contributed by atoms with Gasteiger partial charge in [-0.2, -0.15) is 0 Å². The lowest BCUT2D eigenvalue weighted by Gasteiger charge is -2.14. The monoisotopic (exact) mass is 326 g/mol. The highest BCUT2D eigenvalue weighted by molar-refractivity contribution is 5.92. The highest BCUT2D eigenvalue weighted by atomic mass is 16.5. The van der Waals surface area contributed by atoms with Crippen molar-refractivity contribution in [3.8, 4) is 5.75 Å². The Morgan fingerprint density at radius 3 is 2.67 bits per heavy atom. The van der Waals surface area contributed by atoms with E-state index in [-0.39, 0.29) is 12.0 Å². The summed E-state index contributed by atoms with van der Waals surface area (Å²) < 4.78 is 5.71. The second kappa shape index (κ2) is 9.08. The largest absolute Gasteiger partial charge is 0.489 e. The zero-order chi connectivity index (χ0) is 17.4. The molecule has 128 valence electrons. The Labute approximate surface area is 144 Å². The number of nitrogens with one attached hydrogen (secondary N) is 2. The second-order valence-electron chi connectivity index (χ2n) is 6.13. The van der Waals surface area contributed by atoms with Gasteiger partial charge in [-0.3, -0.25) is 4.79 Å². The maximum atomic E-state index is 12.1. The van der Waals surface area contributed by atoms with E-state index in [0.29, 0.717) is 18.7 Å². The van der Waals surface area contributed by atoms with Gasteiger partial charge in [-0.25, -0.2) is 0 Å². The van der Waals surface area contributed by atoms with E-state index in [1.54, 1.807) is 0 Å². The van der Waals surface area contributed by atoms with E-state index < -0.39 is 0 Å². The maximum Gasteiger partial charge on any atom is 0.225 e. The van der Waals surface area contributed by atoms with E-state index in [0.717, 1.165) is 12.2 Å². The van der Waals surface area contributed by atoms with Crippen LogP contribution in [0, 0.1) is 6.92 Å². The molecule has 0 aromatic heterocycles. The molecule has 0 atom stereocenters. The first kappa shape index (κ1) is 18.0. The predicted molar refractivity (Wildman–Crippen MR) is 98.3 cm³/mol. The Morgan fingerprint density at radius 1 is 1.12 bits per heavy atom. The zero-order valence-electron chi connectivity index (χ0n) is 14.6. The van der Waals surface area contributed by atoms with Crippen LogP contribution in [0.1, 0.15) is 31.4 Å². The minimum atomic E-state index is -0.0217. The molecular weight excluding hydrogens is 300 g/mol. The lowest BCUT2D eigenvalue weighted by molar-refractivity contribution is -0.116. The molecule has 0 heterocycles. The van der Waals surface area contributed by atoms with Crippen molar-refractivity contribution in [1.29, 1.82) is 0 Å². The van der Waals surface area contributed by atoms with Crippen LogP contribution in [0.4, 0.5) is 5.69 Å². The van der Waals surface area contributed by atoms with Crippen molar-refractivity contribution in [2.45, 2.75) is 39.8 Å². The van der Waals surface area contributed by atoms with Crippen molar-refractivity contribution in [2.75, 3.05) is 11.9 Å². The summed E-state index contributed by atoms with van der Waals surface area (Å²) in [6.07, 6.45) is 0.487. The minimum absolute atomic E-state index is 0.0217. The van der Waals surface area contributed by atoms with Crippen molar-refractivity contribution in [3.63, 3.8) is 0 Å². The van der Waals surface area contributed by atoms with Crippen LogP contribution < -0.4 is 15.4 Å². The van der Waals surface area contributed by atoms with E-state index in [9.17, 15) is 4.79 Å². The molecule has 0 spiro atoms. The number of carbonyl (C=O) groups excluding carboxylic acids is 1. The van der Waals surface area contributed by atoms with Crippen LogP contribution in [0.15, 0.2) is 48.5 Å². The number of aryl methyl sites for hydroxylation is 1. The average Bonchev–Trinajstić information content (AvgIpc) is 2.53. The summed E-state index contributed by atoms with van der Waals surface area (Å²) in [4.78, 5) is 12.1. The third-order valence-corrected chi connectivity index (χ3v) is 3.46.